The topological polar surface area (TPSA) is 66.9 Å². The summed E-state index contributed by atoms with van der Waals surface area (Å²) in [5, 5.41) is 13.6. The summed E-state index contributed by atoms with van der Waals surface area (Å²) in [6, 6.07) is 16.4. The minimum atomic E-state index is -0.470. The Morgan fingerprint density at radius 3 is 2.42 bits per heavy atom. The average molecular weight is 387 g/mol. The molecular formula is C17H12BrFN4O. The van der Waals surface area contributed by atoms with Gasteiger partial charge in [-0.1, -0.05) is 28.1 Å². The second-order valence-electron chi connectivity index (χ2n) is 4.90. The minimum Gasteiger partial charge on any atom is -0.339 e. The fourth-order valence-corrected chi connectivity index (χ4v) is 2.40. The number of nitrogens with zero attached hydrogens (tertiary/aromatic N) is 2. The first-order valence-electron chi connectivity index (χ1n) is 7.03. The van der Waals surface area contributed by atoms with Crippen LogP contribution < -0.4 is 10.6 Å². The van der Waals surface area contributed by atoms with Gasteiger partial charge < -0.3 is 10.6 Å². The molecule has 0 bridgehead atoms. The molecule has 3 aromatic rings. The van der Waals surface area contributed by atoms with Crippen molar-refractivity contribution < 1.29 is 9.18 Å². The van der Waals surface area contributed by atoms with Gasteiger partial charge in [0.25, 0.3) is 5.91 Å². The van der Waals surface area contributed by atoms with Crippen molar-refractivity contribution in [1.29, 1.82) is 0 Å². The zero-order chi connectivity index (χ0) is 16.9. The van der Waals surface area contributed by atoms with Gasteiger partial charge in [-0.15, -0.1) is 10.2 Å². The van der Waals surface area contributed by atoms with Gasteiger partial charge in [0.15, 0.2) is 11.6 Å². The van der Waals surface area contributed by atoms with Gasteiger partial charge in [-0.3, -0.25) is 4.79 Å². The summed E-state index contributed by atoms with van der Waals surface area (Å²) in [5.41, 5.74) is 1.07. The Balaban J connectivity index is 1.67. The highest BCUT2D eigenvalue weighted by Gasteiger charge is 2.08. The zero-order valence-electron chi connectivity index (χ0n) is 12.3. The van der Waals surface area contributed by atoms with Crippen LogP contribution in [0.15, 0.2) is 65.1 Å². The third-order valence-corrected chi connectivity index (χ3v) is 3.58. The number of carbonyl (C=O) groups excluding carboxylic acids is 1. The van der Waals surface area contributed by atoms with E-state index in [0.29, 0.717) is 5.82 Å². The molecule has 0 spiro atoms. The summed E-state index contributed by atoms with van der Waals surface area (Å²) in [5.74, 6) is -0.0975. The van der Waals surface area contributed by atoms with Gasteiger partial charge in [0.2, 0.25) is 0 Å². The lowest BCUT2D eigenvalue weighted by Crippen LogP contribution is -2.13. The van der Waals surface area contributed by atoms with Gasteiger partial charge in [-0.25, -0.2) is 4.39 Å². The Labute approximate surface area is 146 Å². The molecule has 0 saturated carbocycles. The molecule has 0 atom stereocenters. The summed E-state index contributed by atoms with van der Waals surface area (Å²) >= 11 is 3.39. The fourth-order valence-electron chi connectivity index (χ4n) is 2.00. The molecular weight excluding hydrogens is 375 g/mol. The fraction of sp³-hybridized carbons (Fsp3) is 0. The van der Waals surface area contributed by atoms with Crippen LogP contribution in [0.2, 0.25) is 0 Å². The van der Waals surface area contributed by atoms with Crippen LogP contribution in [0.5, 0.6) is 0 Å². The van der Waals surface area contributed by atoms with Crippen LogP contribution in [0.25, 0.3) is 0 Å². The van der Waals surface area contributed by atoms with Crippen LogP contribution >= 0.6 is 15.9 Å². The third kappa shape index (κ3) is 4.14. The van der Waals surface area contributed by atoms with Crippen molar-refractivity contribution in [3.8, 4) is 0 Å². The second kappa shape index (κ2) is 7.18. The Morgan fingerprint density at radius 1 is 0.958 bits per heavy atom. The van der Waals surface area contributed by atoms with Gasteiger partial charge >= 0.3 is 0 Å². The van der Waals surface area contributed by atoms with E-state index in [4.69, 9.17) is 0 Å². The van der Waals surface area contributed by atoms with Crippen LogP contribution in [0, 0.1) is 5.82 Å². The molecule has 3 rings (SSSR count). The molecule has 0 radical (unpaired) electrons. The van der Waals surface area contributed by atoms with Crippen LogP contribution in [0.1, 0.15) is 10.4 Å². The van der Waals surface area contributed by atoms with E-state index < -0.39 is 11.7 Å². The van der Waals surface area contributed by atoms with Gasteiger partial charge in [-0.05, 0) is 48.5 Å². The van der Waals surface area contributed by atoms with Gasteiger partial charge in [0.05, 0.1) is 0 Å². The Morgan fingerprint density at radius 2 is 1.71 bits per heavy atom. The maximum absolute atomic E-state index is 13.1. The molecule has 0 aliphatic heterocycles. The van der Waals surface area contributed by atoms with Crippen LogP contribution in [0.3, 0.4) is 0 Å². The average Bonchev–Trinajstić information content (AvgIpc) is 2.57. The number of carbonyl (C=O) groups is 1. The lowest BCUT2D eigenvalue weighted by atomic mass is 10.2. The second-order valence-corrected chi connectivity index (χ2v) is 5.82. The highest BCUT2D eigenvalue weighted by Crippen LogP contribution is 2.19. The molecule has 1 aromatic heterocycles. The predicted octanol–water partition coefficient (Wildman–Crippen LogP) is 4.37. The Hall–Kier alpha value is -2.80. The van der Waals surface area contributed by atoms with Crippen molar-refractivity contribution >= 4 is 39.2 Å². The molecule has 2 aromatic carbocycles. The van der Waals surface area contributed by atoms with E-state index in [9.17, 15) is 9.18 Å². The normalized spacial score (nSPS) is 10.2. The Bertz CT molecular complexity index is 870. The quantitative estimate of drug-likeness (QED) is 0.698. The highest BCUT2D eigenvalue weighted by atomic mass is 79.9. The number of hydrogen-bond acceptors (Lipinski definition) is 4. The van der Waals surface area contributed by atoms with E-state index in [-0.39, 0.29) is 11.4 Å². The number of amides is 1. The molecule has 5 nitrogen and oxygen atoms in total. The molecule has 7 heteroatoms. The van der Waals surface area contributed by atoms with E-state index in [1.807, 2.05) is 24.3 Å². The van der Waals surface area contributed by atoms with E-state index in [1.54, 1.807) is 12.1 Å². The van der Waals surface area contributed by atoms with Crippen molar-refractivity contribution in [3.63, 3.8) is 0 Å². The first-order valence-corrected chi connectivity index (χ1v) is 7.83. The smallest absolute Gasteiger partial charge is 0.256 e. The largest absolute Gasteiger partial charge is 0.339 e. The van der Waals surface area contributed by atoms with Crippen molar-refractivity contribution in [2.45, 2.75) is 0 Å². The van der Waals surface area contributed by atoms with E-state index >= 15 is 0 Å². The molecule has 0 fully saturated rings. The number of nitrogens with one attached hydrogen (secondary N) is 2. The predicted molar refractivity (Wildman–Crippen MR) is 93.8 cm³/mol. The van der Waals surface area contributed by atoms with Crippen LogP contribution in [-0.4, -0.2) is 16.1 Å². The maximum atomic E-state index is 13.1. The van der Waals surface area contributed by atoms with Gasteiger partial charge in [0.1, 0.15) is 5.82 Å². The first-order chi connectivity index (χ1) is 11.6. The first kappa shape index (κ1) is 16.1. The van der Waals surface area contributed by atoms with Crippen molar-refractivity contribution in [3.05, 3.63) is 76.5 Å². The Kier molecular flexibility index (Phi) is 4.81. The summed E-state index contributed by atoms with van der Waals surface area (Å²) in [7, 11) is 0. The summed E-state index contributed by atoms with van der Waals surface area (Å²) < 4.78 is 14.1. The molecule has 2 N–H and O–H groups in total. The molecule has 120 valence electrons. The zero-order valence-corrected chi connectivity index (χ0v) is 13.9. The van der Waals surface area contributed by atoms with Crippen molar-refractivity contribution in [2.75, 3.05) is 10.6 Å². The molecule has 0 unspecified atom stereocenters. The van der Waals surface area contributed by atoms with E-state index in [2.05, 4.69) is 36.8 Å². The standard InChI is InChI=1S/C17H12BrFN4O/c18-12-4-2-6-14(10-12)20-15-7-8-16(23-22-15)21-17(24)11-3-1-5-13(19)9-11/h1-10H,(H,20,22)(H,21,23,24). The number of benzene rings is 2. The molecule has 0 aliphatic carbocycles. The van der Waals surface area contributed by atoms with Gasteiger partial charge in [0, 0.05) is 15.7 Å². The van der Waals surface area contributed by atoms with E-state index in [1.165, 1.54) is 18.2 Å². The van der Waals surface area contributed by atoms with Gasteiger partial charge in [-0.2, -0.15) is 0 Å². The third-order valence-electron chi connectivity index (χ3n) is 3.09. The summed E-state index contributed by atoms with van der Waals surface area (Å²) in [6.07, 6.45) is 0. The van der Waals surface area contributed by atoms with E-state index in [0.717, 1.165) is 16.2 Å². The lowest BCUT2D eigenvalue weighted by Gasteiger charge is -2.07. The number of aromatic nitrogens is 2. The number of halogens is 2. The van der Waals surface area contributed by atoms with Crippen LogP contribution in [-0.2, 0) is 0 Å². The summed E-state index contributed by atoms with van der Waals surface area (Å²) in [4.78, 5) is 12.0. The lowest BCUT2D eigenvalue weighted by molar-refractivity contribution is 0.102. The van der Waals surface area contributed by atoms with Crippen molar-refractivity contribution in [1.82, 2.24) is 10.2 Å². The maximum Gasteiger partial charge on any atom is 0.256 e. The van der Waals surface area contributed by atoms with Crippen molar-refractivity contribution in [2.24, 2.45) is 0 Å². The monoisotopic (exact) mass is 386 g/mol. The number of rotatable bonds is 4. The highest BCUT2D eigenvalue weighted by molar-refractivity contribution is 9.10. The number of anilines is 3. The molecule has 0 aliphatic rings. The SMILES string of the molecule is O=C(Nc1ccc(Nc2cccc(Br)c2)nn1)c1cccc(F)c1. The minimum absolute atomic E-state index is 0.216. The molecule has 24 heavy (non-hydrogen) atoms. The summed E-state index contributed by atoms with van der Waals surface area (Å²) in [6.45, 7) is 0. The molecule has 1 amide bonds. The molecule has 0 saturated heterocycles. The molecule has 1 heterocycles. The number of hydrogen-bond donors (Lipinski definition) is 2. The van der Waals surface area contributed by atoms with Crippen LogP contribution in [0.4, 0.5) is 21.7 Å².